The van der Waals surface area contributed by atoms with Gasteiger partial charge in [-0.15, -0.1) is 0 Å². The number of hydrogen-bond donors (Lipinski definition) is 0. The van der Waals surface area contributed by atoms with Crippen molar-refractivity contribution in [2.45, 2.75) is 46.5 Å². The van der Waals surface area contributed by atoms with E-state index >= 15 is 0 Å². The maximum Gasteiger partial charge on any atom is 0.103 e. The van der Waals surface area contributed by atoms with E-state index in [1.165, 1.54) is 19.3 Å². The number of rotatable bonds is 10. The van der Waals surface area contributed by atoms with Gasteiger partial charge in [0, 0.05) is 0 Å². The van der Waals surface area contributed by atoms with E-state index in [0.29, 0.717) is 0 Å². The first kappa shape index (κ1) is 14.5. The smallest absolute Gasteiger partial charge is 0.103 e. The predicted octanol–water partition coefficient (Wildman–Crippen LogP) is 3.44. The average Bonchev–Trinajstić information content (AvgIpc) is 2.25. The highest BCUT2D eigenvalue weighted by Gasteiger charge is 2.02. The molecule has 90 valence electrons. The molecule has 0 bridgehead atoms. The van der Waals surface area contributed by atoms with Crippen molar-refractivity contribution in [3.05, 3.63) is 12.3 Å². The van der Waals surface area contributed by atoms with Crippen LogP contribution < -0.4 is 0 Å². The summed E-state index contributed by atoms with van der Waals surface area (Å²) >= 11 is 0. The minimum absolute atomic E-state index is 0.833. The maximum absolute atomic E-state index is 5.59. The molecule has 0 fully saturated rings. The second kappa shape index (κ2) is 10.0. The number of ether oxygens (including phenoxy) is 1. The highest BCUT2D eigenvalue weighted by atomic mass is 16.5. The van der Waals surface area contributed by atoms with Gasteiger partial charge >= 0.3 is 0 Å². The minimum atomic E-state index is 0.833. The average molecular weight is 213 g/mol. The molecule has 0 radical (unpaired) electrons. The molecule has 0 unspecified atom stereocenters. The highest BCUT2D eigenvalue weighted by Crippen LogP contribution is 2.03. The summed E-state index contributed by atoms with van der Waals surface area (Å²) in [6.45, 7) is 14.3. The molecule has 0 spiro atoms. The standard InChI is InChI=1S/C13H27NO/c1-5-8-9-10-11-15-13(4)12-14(6-2)7-3/h4-12H2,1-3H3. The van der Waals surface area contributed by atoms with Crippen LogP contribution in [0.4, 0.5) is 0 Å². The van der Waals surface area contributed by atoms with E-state index in [1.807, 2.05) is 0 Å². The Labute approximate surface area is 95.3 Å². The summed E-state index contributed by atoms with van der Waals surface area (Å²) in [6.07, 6.45) is 5.02. The Morgan fingerprint density at radius 1 is 1.07 bits per heavy atom. The number of nitrogens with zero attached hydrogens (tertiary/aromatic N) is 1. The molecule has 0 N–H and O–H groups in total. The zero-order valence-electron chi connectivity index (χ0n) is 10.7. The number of unbranched alkanes of at least 4 members (excludes halogenated alkanes) is 3. The molecule has 0 aliphatic carbocycles. The molecule has 0 rings (SSSR count). The second-order valence-corrected chi connectivity index (χ2v) is 3.91. The zero-order chi connectivity index (χ0) is 11.5. The van der Waals surface area contributed by atoms with Crippen LogP contribution in [0.3, 0.4) is 0 Å². The van der Waals surface area contributed by atoms with Crippen LogP contribution in [0.15, 0.2) is 12.3 Å². The summed E-state index contributed by atoms with van der Waals surface area (Å²) in [5.41, 5.74) is 0. The summed E-state index contributed by atoms with van der Waals surface area (Å²) < 4.78 is 5.59. The van der Waals surface area contributed by atoms with Crippen LogP contribution in [0.2, 0.25) is 0 Å². The van der Waals surface area contributed by atoms with Crippen LogP contribution in [-0.2, 0) is 4.74 Å². The molecule has 2 heteroatoms. The van der Waals surface area contributed by atoms with Crippen LogP contribution in [0.5, 0.6) is 0 Å². The van der Waals surface area contributed by atoms with Gasteiger partial charge in [0.1, 0.15) is 5.76 Å². The molecule has 0 aromatic heterocycles. The van der Waals surface area contributed by atoms with Crippen molar-refractivity contribution in [3.63, 3.8) is 0 Å². The normalized spacial score (nSPS) is 10.7. The molecular weight excluding hydrogens is 186 g/mol. The Balaban J connectivity index is 3.40. The van der Waals surface area contributed by atoms with E-state index in [4.69, 9.17) is 4.74 Å². The van der Waals surface area contributed by atoms with Gasteiger partial charge in [-0.3, -0.25) is 4.90 Å². The van der Waals surface area contributed by atoms with Gasteiger partial charge in [0.05, 0.1) is 13.2 Å². The van der Waals surface area contributed by atoms with Gasteiger partial charge in [-0.2, -0.15) is 0 Å². The summed E-state index contributed by atoms with van der Waals surface area (Å²) in [4.78, 5) is 2.31. The first-order valence-electron chi connectivity index (χ1n) is 6.27. The Morgan fingerprint density at radius 2 is 1.73 bits per heavy atom. The number of likely N-dealkylation sites (N-methyl/N-ethyl adjacent to an activating group) is 1. The van der Waals surface area contributed by atoms with Crippen molar-refractivity contribution in [1.82, 2.24) is 4.90 Å². The Kier molecular flexibility index (Phi) is 9.70. The van der Waals surface area contributed by atoms with Crippen molar-refractivity contribution in [2.75, 3.05) is 26.2 Å². The van der Waals surface area contributed by atoms with Gasteiger partial charge in [-0.25, -0.2) is 0 Å². The Bertz CT molecular complexity index is 153. The van der Waals surface area contributed by atoms with Crippen LogP contribution in [0.25, 0.3) is 0 Å². The van der Waals surface area contributed by atoms with E-state index in [9.17, 15) is 0 Å². The molecule has 0 aliphatic heterocycles. The van der Waals surface area contributed by atoms with Crippen LogP contribution in [0, 0.1) is 0 Å². The van der Waals surface area contributed by atoms with Gasteiger partial charge < -0.3 is 4.74 Å². The van der Waals surface area contributed by atoms with Crippen LogP contribution in [0.1, 0.15) is 46.5 Å². The third kappa shape index (κ3) is 8.49. The Morgan fingerprint density at radius 3 is 2.27 bits per heavy atom. The molecule has 0 amide bonds. The molecule has 0 aromatic rings. The van der Waals surface area contributed by atoms with Crippen molar-refractivity contribution in [1.29, 1.82) is 0 Å². The maximum atomic E-state index is 5.59. The fraction of sp³-hybridized carbons (Fsp3) is 0.846. The van der Waals surface area contributed by atoms with Crippen molar-refractivity contribution in [2.24, 2.45) is 0 Å². The first-order chi connectivity index (χ1) is 7.24. The highest BCUT2D eigenvalue weighted by molar-refractivity contribution is 4.86. The monoisotopic (exact) mass is 213 g/mol. The van der Waals surface area contributed by atoms with Gasteiger partial charge in [0.25, 0.3) is 0 Å². The third-order valence-electron chi connectivity index (χ3n) is 2.60. The number of hydrogen-bond acceptors (Lipinski definition) is 2. The SMILES string of the molecule is C=C(CN(CC)CC)OCCCCCC. The lowest BCUT2D eigenvalue weighted by atomic mass is 10.2. The molecule has 0 saturated carbocycles. The summed E-state index contributed by atoms with van der Waals surface area (Å²) in [5.74, 6) is 0.912. The van der Waals surface area contributed by atoms with Gasteiger partial charge in [-0.1, -0.05) is 46.6 Å². The molecule has 0 saturated heterocycles. The van der Waals surface area contributed by atoms with E-state index in [1.54, 1.807) is 0 Å². The second-order valence-electron chi connectivity index (χ2n) is 3.91. The lowest BCUT2D eigenvalue weighted by Gasteiger charge is -2.19. The topological polar surface area (TPSA) is 12.5 Å². The predicted molar refractivity (Wildman–Crippen MR) is 67.0 cm³/mol. The third-order valence-corrected chi connectivity index (χ3v) is 2.60. The Hall–Kier alpha value is -0.500. The van der Waals surface area contributed by atoms with Gasteiger partial charge in [0.15, 0.2) is 0 Å². The van der Waals surface area contributed by atoms with E-state index in [2.05, 4.69) is 32.3 Å². The minimum Gasteiger partial charge on any atom is -0.497 e. The zero-order valence-corrected chi connectivity index (χ0v) is 10.7. The largest absolute Gasteiger partial charge is 0.497 e. The van der Waals surface area contributed by atoms with Gasteiger partial charge in [-0.05, 0) is 19.5 Å². The molecule has 0 atom stereocenters. The van der Waals surface area contributed by atoms with Gasteiger partial charge in [0.2, 0.25) is 0 Å². The van der Waals surface area contributed by atoms with E-state index in [-0.39, 0.29) is 0 Å². The molecule has 2 nitrogen and oxygen atoms in total. The first-order valence-corrected chi connectivity index (χ1v) is 6.27. The van der Waals surface area contributed by atoms with E-state index < -0.39 is 0 Å². The van der Waals surface area contributed by atoms with E-state index in [0.717, 1.165) is 38.4 Å². The van der Waals surface area contributed by atoms with Crippen LogP contribution >= 0.6 is 0 Å². The lowest BCUT2D eigenvalue weighted by molar-refractivity contribution is 0.171. The summed E-state index contributed by atoms with van der Waals surface area (Å²) in [7, 11) is 0. The quantitative estimate of drug-likeness (QED) is 0.407. The van der Waals surface area contributed by atoms with Crippen molar-refractivity contribution >= 4 is 0 Å². The molecular formula is C13H27NO. The summed E-state index contributed by atoms with van der Waals surface area (Å²) in [6, 6.07) is 0. The molecule has 0 aromatic carbocycles. The molecule has 0 aliphatic rings. The fourth-order valence-electron chi connectivity index (χ4n) is 1.49. The molecule has 15 heavy (non-hydrogen) atoms. The molecule has 0 heterocycles. The lowest BCUT2D eigenvalue weighted by Crippen LogP contribution is -2.25. The summed E-state index contributed by atoms with van der Waals surface area (Å²) in [5, 5.41) is 0. The van der Waals surface area contributed by atoms with Crippen molar-refractivity contribution in [3.8, 4) is 0 Å². The van der Waals surface area contributed by atoms with Crippen molar-refractivity contribution < 1.29 is 4.74 Å². The van der Waals surface area contributed by atoms with Crippen LogP contribution in [-0.4, -0.2) is 31.1 Å². The fourth-order valence-corrected chi connectivity index (χ4v) is 1.49.